The van der Waals surface area contributed by atoms with Crippen molar-refractivity contribution in [2.24, 2.45) is 0 Å². The van der Waals surface area contributed by atoms with Gasteiger partial charge in [0.05, 0.1) is 10.6 Å². The lowest BCUT2D eigenvalue weighted by Gasteiger charge is -2.09. The average molecular weight is 459 g/mol. The van der Waals surface area contributed by atoms with Crippen molar-refractivity contribution in [1.82, 2.24) is 0 Å². The molecule has 158 valence electrons. The summed E-state index contributed by atoms with van der Waals surface area (Å²) in [6, 6.07) is 19.0. The number of hydrogen-bond acceptors (Lipinski definition) is 6. The third-order valence-corrected chi connectivity index (χ3v) is 4.53. The molecule has 8 heteroatoms. The van der Waals surface area contributed by atoms with Crippen LogP contribution in [-0.4, -0.2) is 30.9 Å². The lowest BCUT2D eigenvalue weighted by Crippen LogP contribution is -2.19. The van der Waals surface area contributed by atoms with E-state index in [2.05, 4.69) is 0 Å². The first-order valence-corrected chi connectivity index (χ1v) is 9.82. The van der Waals surface area contributed by atoms with E-state index in [1.807, 2.05) is 0 Å². The van der Waals surface area contributed by atoms with E-state index < -0.39 is 30.9 Å². The van der Waals surface area contributed by atoms with Gasteiger partial charge < -0.3 is 14.2 Å². The van der Waals surface area contributed by atoms with E-state index in [0.29, 0.717) is 16.1 Å². The second-order valence-electron chi connectivity index (χ2n) is 6.23. The molecule has 0 fully saturated rings. The van der Waals surface area contributed by atoms with Gasteiger partial charge in [0.1, 0.15) is 11.5 Å². The summed E-state index contributed by atoms with van der Waals surface area (Å²) in [5.74, 6) is -1.09. The minimum Gasteiger partial charge on any atom is -0.480 e. The van der Waals surface area contributed by atoms with Gasteiger partial charge in [-0.15, -0.1) is 0 Å². The molecule has 0 saturated heterocycles. The van der Waals surface area contributed by atoms with Gasteiger partial charge in [-0.2, -0.15) is 0 Å². The zero-order chi connectivity index (χ0) is 22.2. The highest BCUT2D eigenvalue weighted by Gasteiger charge is 2.13. The van der Waals surface area contributed by atoms with Gasteiger partial charge in [0.2, 0.25) is 0 Å². The monoisotopic (exact) mass is 458 g/mol. The predicted octanol–water partition coefficient (Wildman–Crippen LogP) is 5.02. The number of ether oxygens (including phenoxy) is 3. The van der Waals surface area contributed by atoms with Crippen LogP contribution in [-0.2, 0) is 9.53 Å². The minimum absolute atomic E-state index is 0.254. The number of carbonyl (C=O) groups is 3. The maximum absolute atomic E-state index is 12.2. The molecule has 0 aromatic heterocycles. The second-order valence-corrected chi connectivity index (χ2v) is 7.07. The summed E-state index contributed by atoms with van der Waals surface area (Å²) in [4.78, 5) is 36.1. The molecular formula is C23H16Cl2O6. The Morgan fingerprint density at radius 3 is 2.16 bits per heavy atom. The topological polar surface area (TPSA) is 78.9 Å². The maximum Gasteiger partial charge on any atom is 0.344 e. The van der Waals surface area contributed by atoms with Crippen molar-refractivity contribution in [1.29, 1.82) is 0 Å². The molecule has 0 atom stereocenters. The summed E-state index contributed by atoms with van der Waals surface area (Å²) in [5, 5.41) is 0.691. The molecule has 0 saturated carbocycles. The molecule has 0 aliphatic rings. The molecule has 0 heterocycles. The van der Waals surface area contributed by atoms with E-state index >= 15 is 0 Å². The fourth-order valence-corrected chi connectivity index (χ4v) is 2.91. The number of esters is 2. The van der Waals surface area contributed by atoms with Gasteiger partial charge in [0.25, 0.3) is 0 Å². The van der Waals surface area contributed by atoms with Crippen LogP contribution in [0.1, 0.15) is 20.7 Å². The zero-order valence-electron chi connectivity index (χ0n) is 16.0. The highest BCUT2D eigenvalue weighted by atomic mass is 35.5. The SMILES string of the molecule is O=C(COc1ccc(Cl)cc1Cl)OCC(=O)c1ccc(OC(=O)c2ccccc2)cc1. The Hall–Kier alpha value is -3.35. The van der Waals surface area contributed by atoms with Crippen LogP contribution in [0.4, 0.5) is 0 Å². The van der Waals surface area contributed by atoms with Crippen molar-refractivity contribution < 1.29 is 28.6 Å². The highest BCUT2D eigenvalue weighted by Crippen LogP contribution is 2.27. The molecule has 3 aromatic rings. The maximum atomic E-state index is 12.2. The van der Waals surface area contributed by atoms with Crippen molar-refractivity contribution in [3.63, 3.8) is 0 Å². The fourth-order valence-electron chi connectivity index (χ4n) is 2.45. The molecule has 0 N–H and O–H groups in total. The largest absolute Gasteiger partial charge is 0.480 e. The van der Waals surface area contributed by atoms with Crippen LogP contribution in [0.5, 0.6) is 11.5 Å². The Bertz CT molecular complexity index is 1080. The molecule has 0 unspecified atom stereocenters. The van der Waals surface area contributed by atoms with E-state index in [9.17, 15) is 14.4 Å². The standard InChI is InChI=1S/C23H16Cl2O6/c24-17-8-11-21(19(25)12-17)29-14-22(27)30-13-20(26)15-6-9-18(10-7-15)31-23(28)16-4-2-1-3-5-16/h1-12H,13-14H2. The number of hydrogen-bond donors (Lipinski definition) is 0. The van der Waals surface area contributed by atoms with Crippen LogP contribution >= 0.6 is 23.2 Å². The number of ketones is 1. The number of carbonyl (C=O) groups excluding carboxylic acids is 3. The van der Waals surface area contributed by atoms with Crippen LogP contribution in [0.25, 0.3) is 0 Å². The van der Waals surface area contributed by atoms with Gasteiger partial charge in [-0.05, 0) is 54.6 Å². The molecule has 6 nitrogen and oxygen atoms in total. The minimum atomic E-state index is -0.729. The van der Waals surface area contributed by atoms with Crippen LogP contribution in [0.2, 0.25) is 10.0 Å². The van der Waals surface area contributed by atoms with Crippen molar-refractivity contribution in [3.05, 3.63) is 94.0 Å². The summed E-state index contributed by atoms with van der Waals surface area (Å²) >= 11 is 11.7. The van der Waals surface area contributed by atoms with Gasteiger partial charge in [-0.25, -0.2) is 9.59 Å². The van der Waals surface area contributed by atoms with Gasteiger partial charge in [-0.1, -0.05) is 41.4 Å². The van der Waals surface area contributed by atoms with E-state index in [1.54, 1.807) is 36.4 Å². The molecule has 0 amide bonds. The highest BCUT2D eigenvalue weighted by molar-refractivity contribution is 6.35. The molecule has 0 bridgehead atoms. The van der Waals surface area contributed by atoms with Crippen LogP contribution in [0.3, 0.4) is 0 Å². The number of halogens is 2. The normalized spacial score (nSPS) is 10.3. The van der Waals surface area contributed by atoms with Gasteiger partial charge >= 0.3 is 11.9 Å². The number of rotatable bonds is 8. The second kappa shape index (κ2) is 10.6. The summed E-state index contributed by atoms with van der Waals surface area (Å²) in [5.41, 5.74) is 0.714. The van der Waals surface area contributed by atoms with E-state index in [-0.39, 0.29) is 16.5 Å². The zero-order valence-corrected chi connectivity index (χ0v) is 17.6. The Balaban J connectivity index is 1.46. The van der Waals surface area contributed by atoms with Gasteiger partial charge in [0.15, 0.2) is 19.0 Å². The predicted molar refractivity (Wildman–Crippen MR) is 115 cm³/mol. The lowest BCUT2D eigenvalue weighted by atomic mass is 10.1. The molecule has 31 heavy (non-hydrogen) atoms. The van der Waals surface area contributed by atoms with Gasteiger partial charge in [0, 0.05) is 10.6 Å². The summed E-state index contributed by atoms with van der Waals surface area (Å²) < 4.78 is 15.4. The first-order valence-electron chi connectivity index (χ1n) is 9.06. The first kappa shape index (κ1) is 22.3. The lowest BCUT2D eigenvalue weighted by molar-refractivity contribution is -0.144. The van der Waals surface area contributed by atoms with E-state index in [4.69, 9.17) is 37.4 Å². The van der Waals surface area contributed by atoms with Crippen molar-refractivity contribution >= 4 is 40.9 Å². The number of benzene rings is 3. The van der Waals surface area contributed by atoms with Crippen LogP contribution in [0.15, 0.2) is 72.8 Å². The van der Waals surface area contributed by atoms with E-state index in [0.717, 1.165) is 0 Å². The molecule has 3 rings (SSSR count). The summed E-state index contributed by atoms with van der Waals surface area (Å²) in [6.07, 6.45) is 0. The molecule has 3 aromatic carbocycles. The van der Waals surface area contributed by atoms with Crippen molar-refractivity contribution in [3.8, 4) is 11.5 Å². The first-order chi connectivity index (χ1) is 14.9. The quantitative estimate of drug-likeness (QED) is 0.268. The van der Waals surface area contributed by atoms with Crippen LogP contribution in [0, 0.1) is 0 Å². The average Bonchev–Trinajstić information content (AvgIpc) is 2.78. The van der Waals surface area contributed by atoms with Crippen LogP contribution < -0.4 is 9.47 Å². The summed E-state index contributed by atoms with van der Waals surface area (Å²) in [6.45, 7) is -0.872. The summed E-state index contributed by atoms with van der Waals surface area (Å²) in [7, 11) is 0. The molecular weight excluding hydrogens is 443 g/mol. The Morgan fingerprint density at radius 2 is 1.48 bits per heavy atom. The molecule has 0 aliphatic heterocycles. The third-order valence-electron chi connectivity index (χ3n) is 4.00. The Morgan fingerprint density at radius 1 is 0.774 bits per heavy atom. The van der Waals surface area contributed by atoms with Crippen molar-refractivity contribution in [2.75, 3.05) is 13.2 Å². The third kappa shape index (κ3) is 6.57. The Labute approximate surface area is 188 Å². The van der Waals surface area contributed by atoms with Crippen molar-refractivity contribution in [2.45, 2.75) is 0 Å². The van der Waals surface area contributed by atoms with E-state index in [1.165, 1.54) is 36.4 Å². The molecule has 0 radical (unpaired) electrons. The smallest absolute Gasteiger partial charge is 0.344 e. The number of Topliss-reactive ketones (excluding diaryl/α,β-unsaturated/α-hetero) is 1. The molecule has 0 spiro atoms. The van der Waals surface area contributed by atoms with Gasteiger partial charge in [-0.3, -0.25) is 4.79 Å². The fraction of sp³-hybridized carbons (Fsp3) is 0.0870. The Kier molecular flexibility index (Phi) is 7.65. The molecule has 0 aliphatic carbocycles.